The Morgan fingerprint density at radius 2 is 0.909 bits per heavy atom. The van der Waals surface area contributed by atoms with Crippen LogP contribution in [0, 0.1) is 0 Å². The molecule has 0 unspecified atom stereocenters. The Morgan fingerprint density at radius 3 is 1.12 bits per heavy atom. The Morgan fingerprint density at radius 1 is 0.606 bits per heavy atom. The topological polar surface area (TPSA) is 71.9 Å². The van der Waals surface area contributed by atoms with Crippen molar-refractivity contribution in [3.8, 4) is 0 Å². The first-order chi connectivity index (χ1) is 14.5. The molecule has 4 nitrogen and oxygen atoms in total. The molecule has 2 aromatic heterocycles. The predicted molar refractivity (Wildman–Crippen MR) is 86.4 cm³/mol. The molecule has 0 radical (unpaired) electrons. The van der Waals surface area contributed by atoms with Crippen molar-refractivity contribution >= 4 is 12.2 Å². The maximum absolute atomic E-state index is 12.5. The molecule has 15 heteroatoms. The summed E-state index contributed by atoms with van der Waals surface area (Å²) in [4.78, 5) is 6.87. The first kappa shape index (κ1) is 30.3. The van der Waals surface area contributed by atoms with E-state index in [-0.39, 0.29) is 44.0 Å². The number of hydrogen-bond donors (Lipinski definition) is 0. The van der Waals surface area contributed by atoms with Gasteiger partial charge in [0.2, 0.25) is 0 Å². The van der Waals surface area contributed by atoms with Gasteiger partial charge in [0.25, 0.3) is 0 Å². The van der Waals surface area contributed by atoms with Crippen molar-refractivity contribution in [1.29, 1.82) is 0 Å². The van der Waals surface area contributed by atoms with Gasteiger partial charge in [-0.3, -0.25) is 9.97 Å². The Labute approximate surface area is 192 Å². The molecule has 0 atom stereocenters. The third-order valence-corrected chi connectivity index (χ3v) is 3.26. The molecular formula is C18H10F10N2O2Pd. The van der Waals surface area contributed by atoms with Crippen LogP contribution < -0.4 is 10.2 Å². The van der Waals surface area contributed by atoms with Crippen LogP contribution in [0.25, 0.3) is 12.2 Å². The minimum absolute atomic E-state index is 0. The molecular weight excluding hydrogens is 573 g/mol. The van der Waals surface area contributed by atoms with Crippen molar-refractivity contribution in [2.75, 3.05) is 0 Å². The average Bonchev–Trinajstić information content (AvgIpc) is 2.68. The first-order valence-electron chi connectivity index (χ1n) is 7.99. The van der Waals surface area contributed by atoms with E-state index in [1.54, 1.807) is 0 Å². The van der Waals surface area contributed by atoms with E-state index in [4.69, 9.17) is 0 Å². The van der Waals surface area contributed by atoms with Crippen LogP contribution in [0.4, 0.5) is 43.9 Å². The summed E-state index contributed by atoms with van der Waals surface area (Å²) in [7, 11) is 0. The molecule has 33 heavy (non-hydrogen) atoms. The Bertz CT molecular complexity index is 853. The number of nitrogens with zero attached hydrogens (tertiary/aromatic N) is 2. The second kappa shape index (κ2) is 11.5. The summed E-state index contributed by atoms with van der Waals surface area (Å²) in [6.07, 6.45) is -9.12. The molecule has 0 spiro atoms. The van der Waals surface area contributed by atoms with E-state index < -0.39 is 35.7 Å². The summed E-state index contributed by atoms with van der Waals surface area (Å²) in [6.45, 7) is 0. The van der Waals surface area contributed by atoms with E-state index in [2.05, 4.69) is 9.97 Å². The van der Waals surface area contributed by atoms with Crippen LogP contribution in [0.3, 0.4) is 0 Å². The van der Waals surface area contributed by atoms with E-state index >= 15 is 0 Å². The molecule has 0 aliphatic heterocycles. The summed E-state index contributed by atoms with van der Waals surface area (Å²) in [5.74, 6) is -15.4. The maximum atomic E-state index is 12.5. The third kappa shape index (κ3) is 8.32. The smallest absolute Gasteiger partial charge is 0.871 e. The minimum Gasteiger partial charge on any atom is -0.871 e. The van der Waals surface area contributed by atoms with Crippen molar-refractivity contribution in [2.24, 2.45) is 0 Å². The molecule has 0 aromatic carbocycles. The van der Waals surface area contributed by atoms with Crippen molar-refractivity contribution in [1.82, 2.24) is 9.97 Å². The van der Waals surface area contributed by atoms with Gasteiger partial charge in [0.1, 0.15) is 0 Å². The number of halogens is 10. The number of rotatable bonds is 4. The summed E-state index contributed by atoms with van der Waals surface area (Å²) in [5.41, 5.74) is -0.507. The van der Waals surface area contributed by atoms with Crippen LogP contribution in [0.2, 0.25) is 0 Å². The molecule has 0 aliphatic carbocycles. The second-order valence-electron chi connectivity index (χ2n) is 5.67. The molecule has 2 rings (SSSR count). The van der Waals surface area contributed by atoms with E-state index in [0.29, 0.717) is 0 Å². The normalized spacial score (nSPS) is 13.5. The number of hydrogen-bond acceptors (Lipinski definition) is 4. The maximum Gasteiger partial charge on any atom is 2.00 e. The zero-order chi connectivity index (χ0) is 24.8. The van der Waals surface area contributed by atoms with Gasteiger partial charge in [-0.2, -0.15) is 43.9 Å². The summed E-state index contributed by atoms with van der Waals surface area (Å²) in [6, 6.07) is 7.87. The molecule has 0 fully saturated rings. The van der Waals surface area contributed by atoms with E-state index in [9.17, 15) is 54.1 Å². The van der Waals surface area contributed by atoms with Gasteiger partial charge in [-0.05, 0) is 47.9 Å². The van der Waals surface area contributed by atoms with Gasteiger partial charge in [-0.25, -0.2) is 0 Å². The van der Waals surface area contributed by atoms with Crippen LogP contribution >= 0.6 is 0 Å². The molecule has 184 valence electrons. The van der Waals surface area contributed by atoms with E-state index in [0.717, 1.165) is 12.1 Å². The summed E-state index contributed by atoms with van der Waals surface area (Å²) >= 11 is 0. The Hall–Kier alpha value is -2.66. The standard InChI is InChI=1S/2C9H6F5NO.Pd/c2*10-8(11,9(12,13)14)7(16)5-6-3-1-2-4-15-6;/h2*1-5,16H;/q;;+2/p-2/b2*7-5-;. The van der Waals surface area contributed by atoms with Gasteiger partial charge >= 0.3 is 44.6 Å². The van der Waals surface area contributed by atoms with Crippen molar-refractivity contribution < 1.29 is 74.5 Å². The molecule has 0 bridgehead atoms. The van der Waals surface area contributed by atoms with Crippen LogP contribution in [0.5, 0.6) is 0 Å². The fraction of sp³-hybridized carbons (Fsp3) is 0.222. The van der Waals surface area contributed by atoms with Crippen LogP contribution in [-0.2, 0) is 20.4 Å². The molecule has 0 saturated carbocycles. The fourth-order valence-corrected chi connectivity index (χ4v) is 1.65. The number of alkyl halides is 10. The first-order valence-corrected chi connectivity index (χ1v) is 7.99. The van der Waals surface area contributed by atoms with Crippen LogP contribution in [0.15, 0.2) is 60.3 Å². The average molecular weight is 583 g/mol. The molecule has 0 aliphatic rings. The summed E-state index contributed by atoms with van der Waals surface area (Å²) < 4.78 is 121. The van der Waals surface area contributed by atoms with E-state index in [1.807, 2.05) is 0 Å². The van der Waals surface area contributed by atoms with Gasteiger partial charge < -0.3 is 10.2 Å². The molecule has 2 heterocycles. The number of pyridine rings is 2. The number of allylic oxidation sites excluding steroid dienone is 2. The largest absolute Gasteiger partial charge is 2.00 e. The summed E-state index contributed by atoms with van der Waals surface area (Å²) in [5, 5.41) is 21.4. The van der Waals surface area contributed by atoms with Gasteiger partial charge in [0.15, 0.2) is 0 Å². The van der Waals surface area contributed by atoms with Crippen LogP contribution in [0.1, 0.15) is 11.4 Å². The van der Waals surface area contributed by atoms with Gasteiger partial charge in [-0.15, -0.1) is 0 Å². The SMILES string of the molecule is [O-]/C(=C\c1ccccn1)C(F)(F)C(F)(F)F.[O-]/C(=C\c1ccccn1)C(F)(F)C(F)(F)F.[Pd+2]. The van der Waals surface area contributed by atoms with Gasteiger partial charge in [0, 0.05) is 12.4 Å². The van der Waals surface area contributed by atoms with Crippen molar-refractivity contribution in [2.45, 2.75) is 24.2 Å². The predicted octanol–water partition coefficient (Wildman–Crippen LogP) is 3.96. The van der Waals surface area contributed by atoms with Crippen molar-refractivity contribution in [3.05, 3.63) is 71.7 Å². The third-order valence-electron chi connectivity index (χ3n) is 3.26. The fourth-order valence-electron chi connectivity index (χ4n) is 1.65. The molecule has 0 saturated heterocycles. The number of aromatic nitrogens is 2. The zero-order valence-electron chi connectivity index (χ0n) is 15.6. The monoisotopic (exact) mass is 582 g/mol. The Balaban J connectivity index is 0.000000602. The Kier molecular flexibility index (Phi) is 10.5. The molecule has 2 aromatic rings. The van der Waals surface area contributed by atoms with Gasteiger partial charge in [0.05, 0.1) is 11.4 Å². The second-order valence-corrected chi connectivity index (χ2v) is 5.67. The van der Waals surface area contributed by atoms with Gasteiger partial charge in [-0.1, -0.05) is 12.1 Å². The molecule has 0 amide bonds. The van der Waals surface area contributed by atoms with Crippen LogP contribution in [-0.4, -0.2) is 34.2 Å². The van der Waals surface area contributed by atoms with E-state index in [1.165, 1.54) is 36.7 Å². The van der Waals surface area contributed by atoms with Crippen molar-refractivity contribution in [3.63, 3.8) is 0 Å². The minimum atomic E-state index is -5.89. The molecule has 0 N–H and O–H groups in total. The zero-order valence-corrected chi connectivity index (χ0v) is 17.1. The quantitative estimate of drug-likeness (QED) is 0.311.